The predicted octanol–water partition coefficient (Wildman–Crippen LogP) is 3.33. The Bertz CT molecular complexity index is 1320. The minimum Gasteiger partial charge on any atom is -0.490 e. The number of benzene rings is 2. The molecule has 3 aromatic rings. The summed E-state index contributed by atoms with van der Waals surface area (Å²) < 4.78 is 17.0. The highest BCUT2D eigenvalue weighted by Gasteiger charge is 2.23. The molecule has 0 fully saturated rings. The van der Waals surface area contributed by atoms with Crippen LogP contribution in [0, 0.1) is 0 Å². The quantitative estimate of drug-likeness (QED) is 0.375. The van der Waals surface area contributed by atoms with E-state index in [0.29, 0.717) is 32.2 Å². The maximum absolute atomic E-state index is 12.7. The summed E-state index contributed by atoms with van der Waals surface area (Å²) in [6.07, 6.45) is 0.357. The van der Waals surface area contributed by atoms with Gasteiger partial charge in [0, 0.05) is 10.0 Å². The van der Waals surface area contributed by atoms with Crippen molar-refractivity contribution in [3.8, 4) is 11.5 Å². The second-order valence-electron chi connectivity index (χ2n) is 6.47. The maximum Gasteiger partial charge on any atom is 0.349 e. The number of fused-ring (bicyclic) bond motifs is 1. The fourth-order valence-electron chi connectivity index (χ4n) is 2.84. The summed E-state index contributed by atoms with van der Waals surface area (Å²) in [6, 6.07) is 8.18. The van der Waals surface area contributed by atoms with Crippen molar-refractivity contribution in [1.82, 2.24) is 9.66 Å². The largest absolute Gasteiger partial charge is 0.490 e. The molecule has 9 nitrogen and oxygen atoms in total. The van der Waals surface area contributed by atoms with Crippen molar-refractivity contribution in [2.75, 3.05) is 13.7 Å². The number of esters is 1. The fourth-order valence-corrected chi connectivity index (χ4v) is 3.48. The lowest BCUT2D eigenvalue weighted by Gasteiger charge is -2.18. The number of aromatic nitrogens is 2. The van der Waals surface area contributed by atoms with Crippen LogP contribution in [0.2, 0.25) is 5.02 Å². The second-order valence-corrected chi connectivity index (χ2v) is 7.65. The molecule has 0 aliphatic rings. The van der Waals surface area contributed by atoms with E-state index in [9.17, 15) is 14.4 Å². The average molecular weight is 525 g/mol. The molecule has 168 valence electrons. The Labute approximate surface area is 195 Å². The van der Waals surface area contributed by atoms with Gasteiger partial charge in [0.05, 0.1) is 30.8 Å². The van der Waals surface area contributed by atoms with E-state index in [0.717, 1.165) is 0 Å². The van der Waals surface area contributed by atoms with Gasteiger partial charge >= 0.3 is 11.7 Å². The van der Waals surface area contributed by atoms with Crippen LogP contribution >= 0.6 is 27.5 Å². The number of ether oxygens (including phenoxy) is 3. The summed E-state index contributed by atoms with van der Waals surface area (Å²) in [7, 11) is 1.25. The number of carbonyl (C=O) groups is 1. The lowest BCUT2D eigenvalue weighted by atomic mass is 10.2. The Hall–Kier alpha value is -3.11. The molecular weight excluding hydrogens is 506 g/mol. The zero-order valence-electron chi connectivity index (χ0n) is 17.3. The maximum atomic E-state index is 12.7. The molecule has 0 radical (unpaired) electrons. The van der Waals surface area contributed by atoms with Gasteiger partial charge < -0.3 is 19.2 Å². The van der Waals surface area contributed by atoms with E-state index in [1.54, 1.807) is 37.3 Å². The predicted molar refractivity (Wildman–Crippen MR) is 124 cm³/mol. The molecule has 0 unspecified atom stereocenters. The zero-order valence-corrected chi connectivity index (χ0v) is 19.7. The number of halogens is 2. The van der Waals surface area contributed by atoms with Crippen molar-refractivity contribution in [2.24, 2.45) is 5.10 Å². The molecule has 2 aromatic carbocycles. The summed E-state index contributed by atoms with van der Waals surface area (Å²) in [5.74, 6) is -0.200. The second kappa shape index (κ2) is 10.0. The minimum atomic E-state index is -0.933. The SMILES string of the molecule is CCOc1cc(C=Nn2c(=O)[nH]c3ccccc3c2=O)c(Br)c(Cl)c1O[C@H](C)C(=O)OC. The lowest BCUT2D eigenvalue weighted by molar-refractivity contribution is -0.147. The fraction of sp³-hybridized carbons (Fsp3) is 0.238. The highest BCUT2D eigenvalue weighted by atomic mass is 79.9. The molecule has 0 aliphatic heterocycles. The number of carbonyl (C=O) groups excluding carboxylic acids is 1. The normalized spacial score (nSPS) is 12.2. The first-order valence-electron chi connectivity index (χ1n) is 9.46. The summed E-state index contributed by atoms with van der Waals surface area (Å²) >= 11 is 9.81. The number of hydrogen-bond donors (Lipinski definition) is 1. The summed E-state index contributed by atoms with van der Waals surface area (Å²) in [4.78, 5) is 39.3. The van der Waals surface area contributed by atoms with Gasteiger partial charge in [-0.3, -0.25) is 4.79 Å². The number of rotatable bonds is 7. The van der Waals surface area contributed by atoms with E-state index in [1.807, 2.05) is 0 Å². The van der Waals surface area contributed by atoms with Crippen LogP contribution in [-0.4, -0.2) is 41.7 Å². The van der Waals surface area contributed by atoms with Gasteiger partial charge in [0.15, 0.2) is 17.6 Å². The van der Waals surface area contributed by atoms with Crippen LogP contribution in [-0.2, 0) is 9.53 Å². The van der Waals surface area contributed by atoms with Crippen molar-refractivity contribution >= 4 is 50.6 Å². The van der Waals surface area contributed by atoms with Gasteiger partial charge in [0.1, 0.15) is 5.02 Å². The molecule has 1 atom stereocenters. The van der Waals surface area contributed by atoms with Crippen molar-refractivity contribution in [3.63, 3.8) is 0 Å². The van der Waals surface area contributed by atoms with Gasteiger partial charge in [-0.2, -0.15) is 5.10 Å². The van der Waals surface area contributed by atoms with Crippen LogP contribution in [0.4, 0.5) is 0 Å². The third-order valence-corrected chi connectivity index (χ3v) is 5.82. The van der Waals surface area contributed by atoms with Gasteiger partial charge in [0.25, 0.3) is 5.56 Å². The summed E-state index contributed by atoms with van der Waals surface area (Å²) in [5.41, 5.74) is -0.433. The molecule has 0 saturated carbocycles. The van der Waals surface area contributed by atoms with Crippen molar-refractivity contribution in [2.45, 2.75) is 20.0 Å². The van der Waals surface area contributed by atoms with E-state index in [1.165, 1.54) is 20.2 Å². The Morgan fingerprint density at radius 2 is 2.06 bits per heavy atom. The number of nitrogens with zero attached hydrogens (tertiary/aromatic N) is 2. The smallest absolute Gasteiger partial charge is 0.349 e. The van der Waals surface area contributed by atoms with Gasteiger partial charge in [-0.05, 0) is 48.0 Å². The summed E-state index contributed by atoms with van der Waals surface area (Å²) in [6.45, 7) is 3.58. The molecule has 0 amide bonds. The average Bonchev–Trinajstić information content (AvgIpc) is 2.78. The van der Waals surface area contributed by atoms with Gasteiger partial charge in [-0.15, -0.1) is 4.68 Å². The van der Waals surface area contributed by atoms with Crippen LogP contribution in [0.15, 0.2) is 49.5 Å². The van der Waals surface area contributed by atoms with Gasteiger partial charge in [0.2, 0.25) is 0 Å². The molecule has 1 aromatic heterocycles. The zero-order chi connectivity index (χ0) is 23.4. The molecule has 0 spiro atoms. The first-order chi connectivity index (χ1) is 15.3. The van der Waals surface area contributed by atoms with Crippen molar-refractivity contribution < 1.29 is 19.0 Å². The third-order valence-electron chi connectivity index (χ3n) is 4.38. The molecular formula is C21H19BrClN3O6. The lowest BCUT2D eigenvalue weighted by Crippen LogP contribution is -2.32. The van der Waals surface area contributed by atoms with Gasteiger partial charge in [-0.1, -0.05) is 23.7 Å². The van der Waals surface area contributed by atoms with E-state index in [4.69, 9.17) is 21.1 Å². The molecule has 0 bridgehead atoms. The number of nitrogens with one attached hydrogen (secondary N) is 1. The van der Waals surface area contributed by atoms with Crippen molar-refractivity contribution in [3.05, 3.63) is 66.2 Å². The first kappa shape index (κ1) is 23.6. The number of aromatic amines is 1. The molecule has 0 saturated heterocycles. The molecule has 1 heterocycles. The van der Waals surface area contributed by atoms with E-state index < -0.39 is 23.3 Å². The molecule has 11 heteroatoms. The van der Waals surface area contributed by atoms with Crippen LogP contribution in [0.3, 0.4) is 0 Å². The van der Waals surface area contributed by atoms with Crippen LogP contribution in [0.25, 0.3) is 10.9 Å². The van der Waals surface area contributed by atoms with Crippen LogP contribution < -0.4 is 20.7 Å². The summed E-state index contributed by atoms with van der Waals surface area (Å²) in [5, 5.41) is 4.47. The molecule has 32 heavy (non-hydrogen) atoms. The van der Waals surface area contributed by atoms with Gasteiger partial charge in [-0.25, -0.2) is 9.59 Å². The van der Waals surface area contributed by atoms with Crippen molar-refractivity contribution in [1.29, 1.82) is 0 Å². The van der Waals surface area contributed by atoms with Crippen LogP contribution in [0.1, 0.15) is 19.4 Å². The standard InChI is InChI=1S/C21H19BrClN3O6/c1-4-31-15-9-12(16(22)17(23)18(15)32-11(2)20(28)30-3)10-24-26-19(27)13-7-5-6-8-14(13)25-21(26)29/h5-11H,4H2,1-3H3,(H,25,29)/t11-/m1/s1. The number of H-pyrrole nitrogens is 1. The monoisotopic (exact) mass is 523 g/mol. The number of methoxy groups -OCH3 is 1. The molecule has 0 aliphatic carbocycles. The highest BCUT2D eigenvalue weighted by Crippen LogP contribution is 2.42. The van der Waals surface area contributed by atoms with Crippen LogP contribution in [0.5, 0.6) is 11.5 Å². The molecule has 1 N–H and O–H groups in total. The number of para-hydroxylation sites is 1. The van der Waals surface area contributed by atoms with E-state index in [-0.39, 0.29) is 16.5 Å². The minimum absolute atomic E-state index is 0.118. The Kier molecular flexibility index (Phi) is 7.37. The Morgan fingerprint density at radius 1 is 1.34 bits per heavy atom. The molecule has 3 rings (SSSR count). The highest BCUT2D eigenvalue weighted by molar-refractivity contribution is 9.10. The van der Waals surface area contributed by atoms with E-state index in [2.05, 4.69) is 30.8 Å². The number of hydrogen-bond acceptors (Lipinski definition) is 7. The Balaban J connectivity index is 2.07. The van der Waals surface area contributed by atoms with E-state index >= 15 is 0 Å². The third kappa shape index (κ3) is 4.71. The topological polar surface area (TPSA) is 112 Å². The first-order valence-corrected chi connectivity index (χ1v) is 10.6. The Morgan fingerprint density at radius 3 is 2.75 bits per heavy atom.